The average molecular weight is 505 g/mol. The van der Waals surface area contributed by atoms with Crippen molar-refractivity contribution in [3.05, 3.63) is 87.1 Å². The number of rotatable bonds is 6. The third-order valence-electron chi connectivity index (χ3n) is 6.36. The van der Waals surface area contributed by atoms with E-state index in [2.05, 4.69) is 5.32 Å². The zero-order chi connectivity index (χ0) is 24.5. The highest BCUT2D eigenvalue weighted by atomic mass is 32.1. The molecule has 0 radical (unpaired) electrons. The van der Waals surface area contributed by atoms with Gasteiger partial charge in [0.2, 0.25) is 5.91 Å². The van der Waals surface area contributed by atoms with E-state index < -0.39 is 5.97 Å². The lowest BCUT2D eigenvalue weighted by molar-refractivity contribution is -0.117. The Bertz CT molecular complexity index is 1390. The number of fused-ring (bicyclic) bond motifs is 2. The smallest absolute Gasteiger partial charge is 0.339 e. The third-order valence-corrected chi connectivity index (χ3v) is 8.59. The largest absolute Gasteiger partial charge is 0.478 e. The molecule has 1 aliphatic heterocycles. The van der Waals surface area contributed by atoms with Crippen LogP contribution in [-0.4, -0.2) is 34.3 Å². The first kappa shape index (κ1) is 23.3. The third kappa shape index (κ3) is 4.47. The van der Waals surface area contributed by atoms with E-state index >= 15 is 0 Å². The number of aromatic carboxylic acids is 1. The van der Waals surface area contributed by atoms with Gasteiger partial charge in [-0.1, -0.05) is 55.5 Å². The number of anilines is 1. The first-order chi connectivity index (χ1) is 17.0. The van der Waals surface area contributed by atoms with Gasteiger partial charge in [0.25, 0.3) is 5.91 Å². The fourth-order valence-corrected chi connectivity index (χ4v) is 6.88. The molecule has 2 N–H and O–H groups in total. The van der Waals surface area contributed by atoms with Crippen molar-refractivity contribution in [2.45, 2.75) is 32.2 Å². The average Bonchev–Trinajstić information content (AvgIpc) is 3.45. The van der Waals surface area contributed by atoms with Crippen LogP contribution in [0, 0.1) is 0 Å². The number of carboxylic acid groups (broad SMARTS) is 1. The molecule has 0 saturated carbocycles. The van der Waals surface area contributed by atoms with E-state index in [0.717, 1.165) is 20.5 Å². The Morgan fingerprint density at radius 3 is 2.51 bits per heavy atom. The zero-order valence-corrected chi connectivity index (χ0v) is 20.7. The van der Waals surface area contributed by atoms with E-state index in [4.69, 9.17) is 0 Å². The van der Waals surface area contributed by atoms with Crippen molar-refractivity contribution in [3.63, 3.8) is 0 Å². The van der Waals surface area contributed by atoms with E-state index in [1.165, 1.54) is 22.7 Å². The Morgan fingerprint density at radius 1 is 1.06 bits per heavy atom. The minimum atomic E-state index is -1.06. The molecule has 0 saturated heterocycles. The number of carbonyl (C=O) groups excluding carboxylic acids is 2. The highest BCUT2D eigenvalue weighted by molar-refractivity contribution is 7.20. The van der Waals surface area contributed by atoms with Gasteiger partial charge in [-0.25, -0.2) is 4.79 Å². The number of hydrogen-bond acceptors (Lipinski definition) is 5. The van der Waals surface area contributed by atoms with Gasteiger partial charge >= 0.3 is 5.97 Å². The number of nitrogens with one attached hydrogen (secondary N) is 1. The van der Waals surface area contributed by atoms with Crippen molar-refractivity contribution in [2.24, 2.45) is 0 Å². The lowest BCUT2D eigenvalue weighted by Crippen LogP contribution is -2.35. The van der Waals surface area contributed by atoms with Gasteiger partial charge in [0.05, 0.1) is 22.9 Å². The number of nitrogens with zero attached hydrogens (tertiary/aromatic N) is 1. The van der Waals surface area contributed by atoms with Crippen LogP contribution in [0.3, 0.4) is 0 Å². The Morgan fingerprint density at radius 2 is 1.80 bits per heavy atom. The normalized spacial score (nSPS) is 13.9. The minimum absolute atomic E-state index is 0.0529. The van der Waals surface area contributed by atoms with Gasteiger partial charge in [-0.15, -0.1) is 22.7 Å². The summed E-state index contributed by atoms with van der Waals surface area (Å²) < 4.78 is 1.06. The number of hydrogen-bond donors (Lipinski definition) is 2. The maximum absolute atomic E-state index is 13.2. The van der Waals surface area contributed by atoms with Crippen molar-refractivity contribution in [2.75, 3.05) is 11.9 Å². The Hall–Kier alpha value is -3.49. The zero-order valence-electron chi connectivity index (χ0n) is 19.1. The predicted molar refractivity (Wildman–Crippen MR) is 140 cm³/mol. The van der Waals surface area contributed by atoms with E-state index in [-0.39, 0.29) is 23.3 Å². The van der Waals surface area contributed by atoms with Crippen LogP contribution in [-0.2, 0) is 17.8 Å². The summed E-state index contributed by atoms with van der Waals surface area (Å²) in [7, 11) is 0. The van der Waals surface area contributed by atoms with Crippen LogP contribution in [0.15, 0.2) is 60.7 Å². The topological polar surface area (TPSA) is 86.7 Å². The molecule has 5 rings (SSSR count). The van der Waals surface area contributed by atoms with Crippen molar-refractivity contribution in [3.8, 4) is 0 Å². The monoisotopic (exact) mass is 504 g/mol. The standard InChI is InChI=1S/C27H24N2O4S2/c1-2-18(16-8-4-3-5-9-16)24(30)28-25-23(27(32)33)19-12-13-29(15-22(19)35-25)26(31)21-14-17-10-6-7-11-20(17)34-21/h3-11,14,18H,2,12-13,15H2,1H3,(H,28,30)(H,32,33). The van der Waals surface area contributed by atoms with E-state index in [1.807, 2.05) is 67.6 Å². The molecule has 178 valence electrons. The summed E-state index contributed by atoms with van der Waals surface area (Å²) in [6, 6.07) is 19.3. The van der Waals surface area contributed by atoms with E-state index in [9.17, 15) is 19.5 Å². The molecule has 1 atom stereocenters. The Kier molecular flexibility index (Phi) is 6.40. The summed E-state index contributed by atoms with van der Waals surface area (Å²) in [4.78, 5) is 41.7. The first-order valence-corrected chi connectivity index (χ1v) is 13.1. The molecule has 2 aromatic carbocycles. The molecule has 8 heteroatoms. The van der Waals surface area contributed by atoms with Crippen LogP contribution in [0.25, 0.3) is 10.1 Å². The van der Waals surface area contributed by atoms with E-state index in [1.54, 1.807) is 4.90 Å². The Labute approximate surface area is 210 Å². The number of benzene rings is 2. The van der Waals surface area contributed by atoms with Crippen molar-refractivity contribution >= 4 is 55.5 Å². The molecule has 4 aromatic rings. The van der Waals surface area contributed by atoms with Crippen LogP contribution in [0.2, 0.25) is 0 Å². The van der Waals surface area contributed by atoms with Gasteiger partial charge in [-0.2, -0.15) is 0 Å². The molecule has 0 spiro atoms. The quantitative estimate of drug-likeness (QED) is 0.338. The van der Waals surface area contributed by atoms with Crippen LogP contribution in [0.4, 0.5) is 5.00 Å². The van der Waals surface area contributed by atoms with Crippen molar-refractivity contribution in [1.29, 1.82) is 0 Å². The number of carboxylic acids is 1. The van der Waals surface area contributed by atoms with Crippen molar-refractivity contribution in [1.82, 2.24) is 4.90 Å². The van der Waals surface area contributed by atoms with Crippen LogP contribution < -0.4 is 5.32 Å². The fraction of sp³-hybridized carbons (Fsp3) is 0.222. The molecule has 0 aliphatic carbocycles. The molecule has 1 unspecified atom stereocenters. The summed E-state index contributed by atoms with van der Waals surface area (Å²) in [5.74, 6) is -1.71. The van der Waals surface area contributed by atoms with Crippen LogP contribution >= 0.6 is 22.7 Å². The molecule has 0 bridgehead atoms. The molecule has 3 heterocycles. The van der Waals surface area contributed by atoms with Gasteiger partial charge in [0, 0.05) is 16.1 Å². The van der Waals surface area contributed by atoms with Gasteiger partial charge < -0.3 is 15.3 Å². The second kappa shape index (κ2) is 9.64. The summed E-state index contributed by atoms with van der Waals surface area (Å²) >= 11 is 2.73. The van der Waals surface area contributed by atoms with Gasteiger partial charge in [-0.05, 0) is 41.5 Å². The molecule has 2 aromatic heterocycles. The summed E-state index contributed by atoms with van der Waals surface area (Å²) in [5, 5.41) is 14.2. The molecular weight excluding hydrogens is 480 g/mol. The summed E-state index contributed by atoms with van der Waals surface area (Å²) in [6.07, 6.45) is 1.04. The summed E-state index contributed by atoms with van der Waals surface area (Å²) in [5.41, 5.74) is 1.76. The second-order valence-corrected chi connectivity index (χ2v) is 10.7. The minimum Gasteiger partial charge on any atom is -0.478 e. The Balaban J connectivity index is 1.39. The first-order valence-electron chi connectivity index (χ1n) is 11.5. The van der Waals surface area contributed by atoms with Crippen molar-refractivity contribution < 1.29 is 19.5 Å². The number of amides is 2. The molecule has 2 amide bonds. The van der Waals surface area contributed by atoms with Gasteiger partial charge in [0.1, 0.15) is 5.00 Å². The maximum atomic E-state index is 13.2. The fourth-order valence-electron chi connectivity index (χ4n) is 4.59. The summed E-state index contributed by atoms with van der Waals surface area (Å²) in [6.45, 7) is 2.71. The van der Waals surface area contributed by atoms with Gasteiger partial charge in [0.15, 0.2) is 0 Å². The molecule has 35 heavy (non-hydrogen) atoms. The molecule has 1 aliphatic rings. The lowest BCUT2D eigenvalue weighted by atomic mass is 9.95. The molecule has 6 nitrogen and oxygen atoms in total. The highest BCUT2D eigenvalue weighted by Crippen LogP contribution is 2.39. The van der Waals surface area contributed by atoms with Gasteiger partial charge in [-0.3, -0.25) is 9.59 Å². The maximum Gasteiger partial charge on any atom is 0.339 e. The second-order valence-electron chi connectivity index (χ2n) is 8.50. The van der Waals surface area contributed by atoms with E-state index in [0.29, 0.717) is 41.4 Å². The molecule has 0 fully saturated rings. The number of thiophene rings is 2. The predicted octanol–water partition coefficient (Wildman–Crippen LogP) is 5.99. The van der Waals surface area contributed by atoms with Crippen LogP contribution in [0.5, 0.6) is 0 Å². The van der Waals surface area contributed by atoms with Crippen LogP contribution in [0.1, 0.15) is 55.3 Å². The highest BCUT2D eigenvalue weighted by Gasteiger charge is 2.32. The lowest BCUT2D eigenvalue weighted by Gasteiger charge is -2.26. The SMILES string of the molecule is CCC(C(=O)Nc1sc2c(c1C(=O)O)CCN(C(=O)c1cc3ccccc3s1)C2)c1ccccc1. The molecular formula is C27H24N2O4S2. The number of carbonyl (C=O) groups is 3.